The Bertz CT molecular complexity index is 558. The molecule has 110 valence electrons. The minimum Gasteiger partial charge on any atom is -0.369 e. The Balaban J connectivity index is 2.23. The molecule has 0 saturated heterocycles. The predicted molar refractivity (Wildman–Crippen MR) is 84.3 cm³/mol. The van der Waals surface area contributed by atoms with Crippen molar-refractivity contribution >= 4 is 17.3 Å². The van der Waals surface area contributed by atoms with Crippen molar-refractivity contribution in [3.05, 3.63) is 18.6 Å². The first-order valence-corrected chi connectivity index (χ1v) is 7.37. The normalized spacial score (nSPS) is 11.8. The third-order valence-electron chi connectivity index (χ3n) is 3.62. The lowest BCUT2D eigenvalue weighted by molar-refractivity contribution is 0.376. The van der Waals surface area contributed by atoms with Gasteiger partial charge < -0.3 is 15.0 Å². The van der Waals surface area contributed by atoms with E-state index < -0.39 is 0 Å². The van der Waals surface area contributed by atoms with Gasteiger partial charge in [0.25, 0.3) is 0 Å². The molecule has 0 atom stereocenters. The second-order valence-electron chi connectivity index (χ2n) is 5.93. The number of nitrogens with one attached hydrogen (secondary N) is 2. The van der Waals surface area contributed by atoms with Crippen LogP contribution in [-0.2, 0) is 0 Å². The standard InChI is InChI=1S/C15H25N5/c1-5-7-16-12-10-20-9-8-17-14(20)13(19-12)18-11-15(3,4)6-2/h8-10,16H,5-7,11H2,1-4H3,(H,18,19). The summed E-state index contributed by atoms with van der Waals surface area (Å²) in [5.74, 6) is 1.73. The van der Waals surface area contributed by atoms with Crippen LogP contribution >= 0.6 is 0 Å². The van der Waals surface area contributed by atoms with E-state index in [1.807, 2.05) is 16.8 Å². The van der Waals surface area contributed by atoms with Gasteiger partial charge in [-0.05, 0) is 18.3 Å². The number of fused-ring (bicyclic) bond motifs is 1. The molecule has 2 N–H and O–H groups in total. The highest BCUT2D eigenvalue weighted by Gasteiger charge is 2.16. The fourth-order valence-corrected chi connectivity index (χ4v) is 1.84. The zero-order chi connectivity index (χ0) is 14.6. The summed E-state index contributed by atoms with van der Waals surface area (Å²) in [6, 6.07) is 0. The maximum atomic E-state index is 4.64. The topological polar surface area (TPSA) is 54.2 Å². The van der Waals surface area contributed by atoms with Crippen molar-refractivity contribution in [3.63, 3.8) is 0 Å². The summed E-state index contributed by atoms with van der Waals surface area (Å²) in [6.07, 6.45) is 7.93. The van der Waals surface area contributed by atoms with E-state index in [1.54, 1.807) is 6.20 Å². The van der Waals surface area contributed by atoms with E-state index in [0.29, 0.717) is 0 Å². The van der Waals surface area contributed by atoms with Crippen LogP contribution in [0.25, 0.3) is 5.65 Å². The van der Waals surface area contributed by atoms with Crippen molar-refractivity contribution < 1.29 is 0 Å². The van der Waals surface area contributed by atoms with Crippen LogP contribution in [0.1, 0.15) is 40.5 Å². The quantitative estimate of drug-likeness (QED) is 0.813. The van der Waals surface area contributed by atoms with Crippen molar-refractivity contribution in [2.24, 2.45) is 5.41 Å². The zero-order valence-electron chi connectivity index (χ0n) is 12.9. The first-order valence-electron chi connectivity index (χ1n) is 7.37. The fraction of sp³-hybridized carbons (Fsp3) is 0.600. The van der Waals surface area contributed by atoms with Gasteiger partial charge in [-0.2, -0.15) is 0 Å². The van der Waals surface area contributed by atoms with Crippen molar-refractivity contribution in [2.75, 3.05) is 23.7 Å². The molecule has 0 aromatic carbocycles. The number of aromatic nitrogens is 3. The molecule has 2 heterocycles. The lowest BCUT2D eigenvalue weighted by Crippen LogP contribution is -2.23. The van der Waals surface area contributed by atoms with E-state index in [9.17, 15) is 0 Å². The van der Waals surface area contributed by atoms with Gasteiger partial charge in [-0.1, -0.05) is 27.7 Å². The lowest BCUT2D eigenvalue weighted by Gasteiger charge is -2.23. The minimum absolute atomic E-state index is 0.248. The highest BCUT2D eigenvalue weighted by molar-refractivity contribution is 5.65. The van der Waals surface area contributed by atoms with E-state index >= 15 is 0 Å². The maximum absolute atomic E-state index is 4.64. The van der Waals surface area contributed by atoms with Crippen LogP contribution in [-0.4, -0.2) is 27.5 Å². The minimum atomic E-state index is 0.248. The molecule has 0 bridgehead atoms. The first-order chi connectivity index (χ1) is 9.55. The summed E-state index contributed by atoms with van der Waals surface area (Å²) in [4.78, 5) is 9.02. The van der Waals surface area contributed by atoms with E-state index in [0.717, 1.165) is 43.2 Å². The summed E-state index contributed by atoms with van der Waals surface area (Å²) in [5.41, 5.74) is 1.12. The highest BCUT2D eigenvalue weighted by Crippen LogP contribution is 2.22. The Kier molecular flexibility index (Phi) is 4.47. The maximum Gasteiger partial charge on any atom is 0.180 e. The molecule has 2 aromatic rings. The summed E-state index contributed by atoms with van der Waals surface area (Å²) in [7, 11) is 0. The highest BCUT2D eigenvalue weighted by atomic mass is 15.1. The third-order valence-corrected chi connectivity index (χ3v) is 3.62. The molecule has 0 spiro atoms. The van der Waals surface area contributed by atoms with Gasteiger partial charge >= 0.3 is 0 Å². The molecule has 0 aliphatic rings. The smallest absolute Gasteiger partial charge is 0.180 e. The first kappa shape index (κ1) is 14.6. The molecule has 2 rings (SSSR count). The fourth-order valence-electron chi connectivity index (χ4n) is 1.84. The summed E-state index contributed by atoms with van der Waals surface area (Å²) < 4.78 is 2.01. The number of nitrogens with zero attached hydrogens (tertiary/aromatic N) is 3. The van der Waals surface area contributed by atoms with Gasteiger partial charge in [-0.3, -0.25) is 0 Å². The van der Waals surface area contributed by atoms with E-state index in [2.05, 4.69) is 48.3 Å². The second kappa shape index (κ2) is 6.11. The van der Waals surface area contributed by atoms with Crippen molar-refractivity contribution in [3.8, 4) is 0 Å². The van der Waals surface area contributed by atoms with Gasteiger partial charge in [0.15, 0.2) is 11.5 Å². The zero-order valence-corrected chi connectivity index (χ0v) is 12.9. The van der Waals surface area contributed by atoms with Crippen molar-refractivity contribution in [1.29, 1.82) is 0 Å². The molecular weight excluding hydrogens is 250 g/mol. The average molecular weight is 275 g/mol. The summed E-state index contributed by atoms with van der Waals surface area (Å²) in [5, 5.41) is 6.78. The van der Waals surface area contributed by atoms with Gasteiger partial charge in [-0.15, -0.1) is 0 Å². The molecule has 20 heavy (non-hydrogen) atoms. The summed E-state index contributed by atoms with van der Waals surface area (Å²) >= 11 is 0. The second-order valence-corrected chi connectivity index (χ2v) is 5.93. The van der Waals surface area contributed by atoms with E-state index in [-0.39, 0.29) is 5.41 Å². The molecule has 0 saturated carbocycles. The van der Waals surface area contributed by atoms with E-state index in [4.69, 9.17) is 0 Å². The van der Waals surface area contributed by atoms with Crippen LogP contribution < -0.4 is 10.6 Å². The van der Waals surface area contributed by atoms with Crippen molar-refractivity contribution in [2.45, 2.75) is 40.5 Å². The van der Waals surface area contributed by atoms with Crippen LogP contribution in [0.4, 0.5) is 11.6 Å². The van der Waals surface area contributed by atoms with Gasteiger partial charge in [0, 0.05) is 25.5 Å². The lowest BCUT2D eigenvalue weighted by atomic mass is 9.90. The molecule has 0 aliphatic carbocycles. The van der Waals surface area contributed by atoms with E-state index in [1.165, 1.54) is 0 Å². The number of hydrogen-bond donors (Lipinski definition) is 2. The molecule has 0 aliphatic heterocycles. The van der Waals surface area contributed by atoms with Gasteiger partial charge in [-0.25, -0.2) is 9.97 Å². The number of anilines is 2. The van der Waals surface area contributed by atoms with Crippen molar-refractivity contribution in [1.82, 2.24) is 14.4 Å². The Morgan fingerprint density at radius 3 is 2.75 bits per heavy atom. The summed E-state index contributed by atoms with van der Waals surface area (Å²) in [6.45, 7) is 10.7. The predicted octanol–water partition coefficient (Wildman–Crippen LogP) is 3.40. The Morgan fingerprint density at radius 1 is 1.25 bits per heavy atom. The molecule has 0 unspecified atom stereocenters. The number of rotatable bonds is 7. The number of imidazole rings is 1. The molecule has 0 fully saturated rings. The van der Waals surface area contributed by atoms with Gasteiger partial charge in [0.1, 0.15) is 5.82 Å². The molecule has 5 nitrogen and oxygen atoms in total. The monoisotopic (exact) mass is 275 g/mol. The van der Waals surface area contributed by atoms with Gasteiger partial charge in [0.2, 0.25) is 0 Å². The van der Waals surface area contributed by atoms with Crippen LogP contribution in [0.2, 0.25) is 0 Å². The molecular formula is C15H25N5. The molecule has 2 aromatic heterocycles. The van der Waals surface area contributed by atoms with Crippen LogP contribution in [0.5, 0.6) is 0 Å². The van der Waals surface area contributed by atoms with Crippen LogP contribution in [0.3, 0.4) is 0 Å². The van der Waals surface area contributed by atoms with Crippen LogP contribution in [0, 0.1) is 5.41 Å². The number of hydrogen-bond acceptors (Lipinski definition) is 4. The van der Waals surface area contributed by atoms with Crippen LogP contribution in [0.15, 0.2) is 18.6 Å². The largest absolute Gasteiger partial charge is 0.369 e. The Morgan fingerprint density at radius 2 is 2.05 bits per heavy atom. The van der Waals surface area contributed by atoms with Gasteiger partial charge in [0.05, 0.1) is 6.20 Å². The third kappa shape index (κ3) is 3.40. The Hall–Kier alpha value is -1.78. The molecule has 0 radical (unpaired) electrons. The average Bonchev–Trinajstić information content (AvgIpc) is 2.91. The SMILES string of the molecule is CCCNc1cn2ccnc2c(NCC(C)(C)CC)n1. The molecule has 0 amide bonds. The molecule has 5 heteroatoms. The Labute approximate surface area is 120 Å².